The number of benzene rings is 2. The highest BCUT2D eigenvalue weighted by Gasteiger charge is 2.10. The van der Waals surface area contributed by atoms with Gasteiger partial charge in [-0.25, -0.2) is 4.39 Å². The average molecular weight is 280 g/mol. The molecule has 19 heavy (non-hydrogen) atoms. The van der Waals surface area contributed by atoms with Crippen molar-refractivity contribution in [2.75, 3.05) is 11.9 Å². The summed E-state index contributed by atoms with van der Waals surface area (Å²) in [4.78, 5) is 0. The molecule has 0 aliphatic heterocycles. The van der Waals surface area contributed by atoms with Crippen LogP contribution in [0.25, 0.3) is 0 Å². The molecule has 2 nitrogen and oxygen atoms in total. The average Bonchev–Trinajstić information content (AvgIpc) is 2.40. The van der Waals surface area contributed by atoms with E-state index in [1.54, 1.807) is 31.2 Å². The second kappa shape index (κ2) is 6.04. The van der Waals surface area contributed by atoms with Crippen molar-refractivity contribution in [2.24, 2.45) is 0 Å². The van der Waals surface area contributed by atoms with Gasteiger partial charge in [-0.2, -0.15) is 0 Å². The van der Waals surface area contributed by atoms with Crippen LogP contribution in [0.3, 0.4) is 0 Å². The van der Waals surface area contributed by atoms with Gasteiger partial charge in [-0.05, 0) is 36.8 Å². The van der Waals surface area contributed by atoms with E-state index in [-0.39, 0.29) is 5.82 Å². The molecule has 0 saturated heterocycles. The maximum Gasteiger partial charge on any atom is 0.126 e. The quantitative estimate of drug-likeness (QED) is 0.889. The second-order valence-corrected chi connectivity index (χ2v) is 4.79. The summed E-state index contributed by atoms with van der Waals surface area (Å²) in [7, 11) is 0. The van der Waals surface area contributed by atoms with Gasteiger partial charge in [0.05, 0.1) is 6.10 Å². The van der Waals surface area contributed by atoms with Crippen LogP contribution in [0.4, 0.5) is 10.1 Å². The zero-order chi connectivity index (χ0) is 13.8. The predicted octanol–water partition coefficient (Wildman–Crippen LogP) is 3.93. The third kappa shape index (κ3) is 3.46. The Morgan fingerprint density at radius 2 is 2.00 bits per heavy atom. The number of hydrogen-bond acceptors (Lipinski definition) is 2. The van der Waals surface area contributed by atoms with E-state index in [2.05, 4.69) is 5.32 Å². The van der Waals surface area contributed by atoms with Gasteiger partial charge >= 0.3 is 0 Å². The van der Waals surface area contributed by atoms with Crippen LogP contribution in [-0.2, 0) is 0 Å². The molecule has 2 aromatic carbocycles. The fourth-order valence-electron chi connectivity index (χ4n) is 1.82. The van der Waals surface area contributed by atoms with E-state index >= 15 is 0 Å². The first-order valence-electron chi connectivity index (χ1n) is 6.00. The lowest BCUT2D eigenvalue weighted by atomic mass is 10.1. The molecule has 1 unspecified atom stereocenters. The zero-order valence-corrected chi connectivity index (χ0v) is 11.3. The van der Waals surface area contributed by atoms with E-state index in [9.17, 15) is 9.50 Å². The summed E-state index contributed by atoms with van der Waals surface area (Å²) in [6, 6.07) is 11.9. The minimum atomic E-state index is -0.709. The monoisotopic (exact) mass is 279 g/mol. The summed E-state index contributed by atoms with van der Waals surface area (Å²) in [5, 5.41) is 13.7. The molecule has 0 amide bonds. The number of hydrogen-bond donors (Lipinski definition) is 2. The third-order valence-corrected chi connectivity index (χ3v) is 3.27. The van der Waals surface area contributed by atoms with Crippen LogP contribution in [-0.4, -0.2) is 11.7 Å². The number of anilines is 1. The van der Waals surface area contributed by atoms with E-state index in [1.807, 2.05) is 12.1 Å². The van der Waals surface area contributed by atoms with Gasteiger partial charge < -0.3 is 10.4 Å². The van der Waals surface area contributed by atoms with Crippen LogP contribution in [0.15, 0.2) is 42.5 Å². The van der Waals surface area contributed by atoms with E-state index < -0.39 is 6.10 Å². The Kier molecular flexibility index (Phi) is 4.40. The Balaban J connectivity index is 2.02. The highest BCUT2D eigenvalue weighted by Crippen LogP contribution is 2.23. The first-order valence-corrected chi connectivity index (χ1v) is 6.38. The highest BCUT2D eigenvalue weighted by atomic mass is 35.5. The molecule has 0 fully saturated rings. The van der Waals surface area contributed by atoms with Gasteiger partial charge in [0, 0.05) is 22.8 Å². The minimum Gasteiger partial charge on any atom is -0.387 e. The molecular formula is C15H15ClFNO. The Morgan fingerprint density at radius 1 is 1.26 bits per heavy atom. The lowest BCUT2D eigenvalue weighted by Crippen LogP contribution is -2.12. The van der Waals surface area contributed by atoms with Crippen LogP contribution in [0.2, 0.25) is 5.02 Å². The summed E-state index contributed by atoms with van der Waals surface area (Å²) in [6.07, 6.45) is -0.709. The Labute approximate surface area is 116 Å². The molecule has 0 aliphatic carbocycles. The minimum absolute atomic E-state index is 0.239. The summed E-state index contributed by atoms with van der Waals surface area (Å²) >= 11 is 6.01. The van der Waals surface area contributed by atoms with Gasteiger partial charge in [0.15, 0.2) is 0 Å². The number of nitrogens with one attached hydrogen (secondary N) is 1. The van der Waals surface area contributed by atoms with Crippen LogP contribution >= 0.6 is 11.6 Å². The van der Waals surface area contributed by atoms with E-state index in [1.165, 1.54) is 6.07 Å². The number of aliphatic hydroxyl groups is 1. The molecule has 0 aromatic heterocycles. The second-order valence-electron chi connectivity index (χ2n) is 4.38. The van der Waals surface area contributed by atoms with Crippen LogP contribution < -0.4 is 5.32 Å². The summed E-state index contributed by atoms with van der Waals surface area (Å²) in [6.45, 7) is 2.01. The Morgan fingerprint density at radius 3 is 2.68 bits per heavy atom. The van der Waals surface area contributed by atoms with Crippen LogP contribution in [0, 0.1) is 12.7 Å². The Hall–Kier alpha value is -1.58. The third-order valence-electron chi connectivity index (χ3n) is 2.92. The SMILES string of the molecule is Cc1cc(NCC(O)c2ccccc2Cl)ccc1F. The van der Waals surface area contributed by atoms with Crippen molar-refractivity contribution < 1.29 is 9.50 Å². The van der Waals surface area contributed by atoms with Gasteiger partial charge in [0.2, 0.25) is 0 Å². The maximum atomic E-state index is 13.1. The van der Waals surface area contributed by atoms with Gasteiger partial charge in [-0.3, -0.25) is 0 Å². The van der Waals surface area contributed by atoms with Crippen molar-refractivity contribution in [1.82, 2.24) is 0 Å². The molecule has 2 N–H and O–H groups in total. The van der Waals surface area contributed by atoms with Gasteiger partial charge in [0.1, 0.15) is 5.82 Å². The first-order chi connectivity index (χ1) is 9.08. The van der Waals surface area contributed by atoms with Crippen molar-refractivity contribution in [2.45, 2.75) is 13.0 Å². The van der Waals surface area contributed by atoms with Crippen molar-refractivity contribution in [3.05, 3.63) is 64.4 Å². The normalized spacial score (nSPS) is 12.2. The van der Waals surface area contributed by atoms with Crippen molar-refractivity contribution >= 4 is 17.3 Å². The number of aryl methyl sites for hydroxylation is 1. The topological polar surface area (TPSA) is 32.3 Å². The van der Waals surface area contributed by atoms with E-state index in [4.69, 9.17) is 11.6 Å². The predicted molar refractivity (Wildman–Crippen MR) is 76.0 cm³/mol. The fraction of sp³-hybridized carbons (Fsp3) is 0.200. The largest absolute Gasteiger partial charge is 0.387 e. The molecular weight excluding hydrogens is 265 g/mol. The number of aliphatic hydroxyl groups excluding tert-OH is 1. The highest BCUT2D eigenvalue weighted by molar-refractivity contribution is 6.31. The molecule has 1 atom stereocenters. The molecule has 0 aliphatic rings. The lowest BCUT2D eigenvalue weighted by molar-refractivity contribution is 0.192. The summed E-state index contributed by atoms with van der Waals surface area (Å²) in [5.41, 5.74) is 2.01. The van der Waals surface area contributed by atoms with Crippen molar-refractivity contribution in [3.63, 3.8) is 0 Å². The molecule has 100 valence electrons. The molecule has 0 heterocycles. The molecule has 2 rings (SSSR count). The first kappa shape index (κ1) is 13.8. The maximum absolute atomic E-state index is 13.1. The Bertz CT molecular complexity index is 574. The van der Waals surface area contributed by atoms with E-state index in [0.29, 0.717) is 22.7 Å². The van der Waals surface area contributed by atoms with Gasteiger partial charge in [-0.1, -0.05) is 29.8 Å². The number of rotatable bonds is 4. The van der Waals surface area contributed by atoms with Crippen LogP contribution in [0.5, 0.6) is 0 Å². The fourth-order valence-corrected chi connectivity index (χ4v) is 2.09. The van der Waals surface area contributed by atoms with Crippen LogP contribution in [0.1, 0.15) is 17.2 Å². The summed E-state index contributed by atoms with van der Waals surface area (Å²) in [5.74, 6) is -0.239. The van der Waals surface area contributed by atoms with Gasteiger partial charge in [-0.15, -0.1) is 0 Å². The molecule has 0 saturated carbocycles. The lowest BCUT2D eigenvalue weighted by Gasteiger charge is -2.14. The van der Waals surface area contributed by atoms with Crippen molar-refractivity contribution in [1.29, 1.82) is 0 Å². The zero-order valence-electron chi connectivity index (χ0n) is 10.5. The number of halogens is 2. The molecule has 0 spiro atoms. The standard InChI is InChI=1S/C15H15ClFNO/c1-10-8-11(6-7-14(10)17)18-9-15(19)12-4-2-3-5-13(12)16/h2-8,15,18-19H,9H2,1H3. The molecule has 0 radical (unpaired) electrons. The van der Waals surface area contributed by atoms with Gasteiger partial charge in [0.25, 0.3) is 0 Å². The molecule has 2 aromatic rings. The smallest absolute Gasteiger partial charge is 0.126 e. The van der Waals surface area contributed by atoms with E-state index in [0.717, 1.165) is 5.69 Å². The van der Waals surface area contributed by atoms with Crippen molar-refractivity contribution in [3.8, 4) is 0 Å². The molecule has 4 heteroatoms. The molecule has 0 bridgehead atoms. The summed E-state index contributed by atoms with van der Waals surface area (Å²) < 4.78 is 13.1.